The molecule has 0 atom stereocenters. The highest BCUT2D eigenvalue weighted by Gasteiger charge is 2.15. The molecule has 7 heteroatoms. The molecule has 1 amide bonds. The van der Waals surface area contributed by atoms with Gasteiger partial charge in [-0.05, 0) is 30.3 Å². The topological polar surface area (TPSA) is 64.6 Å². The lowest BCUT2D eigenvalue weighted by Crippen LogP contribution is -2.21. The number of carbonyl (C=O) groups is 2. The second-order valence-corrected chi connectivity index (χ2v) is 4.86. The van der Waals surface area contributed by atoms with E-state index in [2.05, 4.69) is 5.32 Å². The van der Waals surface area contributed by atoms with Gasteiger partial charge in [0.15, 0.2) is 6.61 Å². The Hall–Kier alpha value is -2.60. The Kier molecular flexibility index (Phi) is 5.54. The van der Waals surface area contributed by atoms with E-state index in [1.807, 2.05) is 0 Å². The maximum Gasteiger partial charge on any atom is 0.342 e. The second-order valence-electron chi connectivity index (χ2n) is 4.45. The van der Waals surface area contributed by atoms with Gasteiger partial charge in [0.1, 0.15) is 17.1 Å². The molecule has 0 bridgehead atoms. The van der Waals surface area contributed by atoms with Gasteiger partial charge in [-0.15, -0.1) is 0 Å². The summed E-state index contributed by atoms with van der Waals surface area (Å²) in [5, 5.41) is 2.48. The smallest absolute Gasteiger partial charge is 0.342 e. The molecule has 0 radical (unpaired) electrons. The first kappa shape index (κ1) is 16.8. The molecule has 120 valence electrons. The average molecular weight is 338 g/mol. The molecule has 0 aliphatic rings. The van der Waals surface area contributed by atoms with Gasteiger partial charge in [-0.3, -0.25) is 4.79 Å². The third kappa shape index (κ3) is 4.43. The lowest BCUT2D eigenvalue weighted by molar-refractivity contribution is -0.119. The number of nitrogens with one attached hydrogen (secondary N) is 1. The zero-order chi connectivity index (χ0) is 16.8. The van der Waals surface area contributed by atoms with Crippen LogP contribution in [0.5, 0.6) is 5.75 Å². The molecule has 0 fully saturated rings. The van der Waals surface area contributed by atoms with E-state index in [1.54, 1.807) is 18.2 Å². The fourth-order valence-electron chi connectivity index (χ4n) is 1.80. The van der Waals surface area contributed by atoms with Crippen molar-refractivity contribution in [2.75, 3.05) is 19.0 Å². The van der Waals surface area contributed by atoms with E-state index in [0.717, 1.165) is 12.1 Å². The van der Waals surface area contributed by atoms with Crippen LogP contribution in [0, 0.1) is 5.82 Å². The summed E-state index contributed by atoms with van der Waals surface area (Å²) >= 11 is 5.79. The zero-order valence-corrected chi connectivity index (χ0v) is 12.9. The Labute approximate surface area is 137 Å². The number of esters is 1. The largest absolute Gasteiger partial charge is 0.496 e. The Bertz CT molecular complexity index is 736. The number of anilines is 1. The number of benzene rings is 2. The fourth-order valence-corrected chi connectivity index (χ4v) is 2.01. The van der Waals surface area contributed by atoms with Gasteiger partial charge in [-0.1, -0.05) is 23.7 Å². The molecular formula is C16H13ClFNO4. The van der Waals surface area contributed by atoms with Crippen molar-refractivity contribution in [2.24, 2.45) is 0 Å². The van der Waals surface area contributed by atoms with Crippen LogP contribution in [0.1, 0.15) is 10.4 Å². The average Bonchev–Trinajstić information content (AvgIpc) is 2.55. The van der Waals surface area contributed by atoms with Crippen molar-refractivity contribution in [3.05, 3.63) is 58.9 Å². The number of hydrogen-bond acceptors (Lipinski definition) is 4. The fraction of sp³-hybridized carbons (Fsp3) is 0.125. The lowest BCUT2D eigenvalue weighted by Gasteiger charge is -2.09. The highest BCUT2D eigenvalue weighted by atomic mass is 35.5. The number of para-hydroxylation sites is 1. The van der Waals surface area contributed by atoms with Crippen molar-refractivity contribution in [2.45, 2.75) is 0 Å². The van der Waals surface area contributed by atoms with Gasteiger partial charge in [0.25, 0.3) is 5.91 Å². The van der Waals surface area contributed by atoms with Crippen LogP contribution in [0.2, 0.25) is 5.02 Å². The lowest BCUT2D eigenvalue weighted by atomic mass is 10.2. The Morgan fingerprint density at radius 2 is 1.96 bits per heavy atom. The molecule has 0 aliphatic heterocycles. The monoisotopic (exact) mass is 337 g/mol. The molecule has 2 rings (SSSR count). The molecule has 0 saturated heterocycles. The van der Waals surface area contributed by atoms with Gasteiger partial charge < -0.3 is 14.8 Å². The number of amides is 1. The van der Waals surface area contributed by atoms with E-state index in [-0.39, 0.29) is 16.3 Å². The van der Waals surface area contributed by atoms with E-state index < -0.39 is 24.3 Å². The van der Waals surface area contributed by atoms with Crippen LogP contribution in [-0.4, -0.2) is 25.6 Å². The summed E-state index contributed by atoms with van der Waals surface area (Å²) in [5.74, 6) is -1.46. The summed E-state index contributed by atoms with van der Waals surface area (Å²) in [4.78, 5) is 23.7. The molecule has 2 aromatic carbocycles. The van der Waals surface area contributed by atoms with E-state index >= 15 is 0 Å². The summed E-state index contributed by atoms with van der Waals surface area (Å²) in [5.41, 5.74) is 0.439. The number of halogens is 2. The minimum Gasteiger partial charge on any atom is -0.496 e. The van der Waals surface area contributed by atoms with Gasteiger partial charge in [-0.2, -0.15) is 0 Å². The number of hydrogen-bond donors (Lipinski definition) is 1. The van der Waals surface area contributed by atoms with Crippen LogP contribution in [0.4, 0.5) is 10.1 Å². The van der Waals surface area contributed by atoms with Crippen molar-refractivity contribution < 1.29 is 23.5 Å². The molecule has 0 aromatic heterocycles. The number of carbonyl (C=O) groups excluding carboxylic acids is 2. The summed E-state index contributed by atoms with van der Waals surface area (Å²) in [6.07, 6.45) is 0. The van der Waals surface area contributed by atoms with Gasteiger partial charge in [0, 0.05) is 0 Å². The minimum absolute atomic E-state index is 0.0504. The number of rotatable bonds is 5. The number of methoxy groups -OCH3 is 1. The van der Waals surface area contributed by atoms with E-state index in [0.29, 0.717) is 5.75 Å². The predicted molar refractivity (Wildman–Crippen MR) is 83.3 cm³/mol. The summed E-state index contributed by atoms with van der Waals surface area (Å²) in [6, 6.07) is 10.0. The third-order valence-corrected chi connectivity index (χ3v) is 3.18. The normalized spacial score (nSPS) is 10.0. The van der Waals surface area contributed by atoms with Crippen molar-refractivity contribution in [1.82, 2.24) is 0 Å². The Morgan fingerprint density at radius 3 is 2.65 bits per heavy atom. The van der Waals surface area contributed by atoms with Gasteiger partial charge in [0.05, 0.1) is 17.8 Å². The second kappa shape index (κ2) is 7.60. The van der Waals surface area contributed by atoms with Crippen LogP contribution in [0.15, 0.2) is 42.5 Å². The summed E-state index contributed by atoms with van der Waals surface area (Å²) < 4.78 is 22.9. The molecule has 2 aromatic rings. The first-order valence-electron chi connectivity index (χ1n) is 6.56. The van der Waals surface area contributed by atoms with E-state index in [9.17, 15) is 14.0 Å². The quantitative estimate of drug-likeness (QED) is 0.850. The standard InChI is InChI=1S/C16H13ClFNO4/c1-22-14-5-3-2-4-11(14)16(21)23-9-15(20)19-13-7-6-10(18)8-12(13)17/h2-8H,9H2,1H3,(H,19,20). The molecule has 5 nitrogen and oxygen atoms in total. The molecule has 0 spiro atoms. The maximum atomic E-state index is 12.9. The molecule has 23 heavy (non-hydrogen) atoms. The first-order chi connectivity index (χ1) is 11.0. The van der Waals surface area contributed by atoms with Crippen LogP contribution < -0.4 is 10.1 Å². The molecular weight excluding hydrogens is 325 g/mol. The van der Waals surface area contributed by atoms with Gasteiger partial charge in [0.2, 0.25) is 0 Å². The van der Waals surface area contributed by atoms with E-state index in [4.69, 9.17) is 21.1 Å². The highest BCUT2D eigenvalue weighted by Crippen LogP contribution is 2.22. The van der Waals surface area contributed by atoms with Crippen LogP contribution in [0.3, 0.4) is 0 Å². The van der Waals surface area contributed by atoms with Crippen LogP contribution in [-0.2, 0) is 9.53 Å². The highest BCUT2D eigenvalue weighted by molar-refractivity contribution is 6.33. The summed E-state index contributed by atoms with van der Waals surface area (Å²) in [6.45, 7) is -0.509. The van der Waals surface area contributed by atoms with Crippen molar-refractivity contribution >= 4 is 29.2 Å². The molecule has 0 aliphatic carbocycles. The van der Waals surface area contributed by atoms with E-state index in [1.165, 1.54) is 19.2 Å². The van der Waals surface area contributed by atoms with Gasteiger partial charge in [-0.25, -0.2) is 9.18 Å². The molecule has 0 saturated carbocycles. The summed E-state index contributed by atoms with van der Waals surface area (Å²) in [7, 11) is 1.43. The Balaban J connectivity index is 1.95. The molecule has 0 unspecified atom stereocenters. The first-order valence-corrected chi connectivity index (χ1v) is 6.94. The predicted octanol–water partition coefficient (Wildman–Crippen LogP) is 3.28. The minimum atomic E-state index is -0.692. The Morgan fingerprint density at radius 1 is 1.22 bits per heavy atom. The van der Waals surface area contributed by atoms with Crippen molar-refractivity contribution in [3.8, 4) is 5.75 Å². The molecule has 0 heterocycles. The zero-order valence-electron chi connectivity index (χ0n) is 12.1. The van der Waals surface area contributed by atoms with Gasteiger partial charge >= 0.3 is 5.97 Å². The SMILES string of the molecule is COc1ccccc1C(=O)OCC(=O)Nc1ccc(F)cc1Cl. The number of ether oxygens (including phenoxy) is 2. The van der Waals surface area contributed by atoms with Crippen LogP contribution >= 0.6 is 11.6 Å². The third-order valence-electron chi connectivity index (χ3n) is 2.87. The molecule has 1 N–H and O–H groups in total. The van der Waals surface area contributed by atoms with Crippen molar-refractivity contribution in [1.29, 1.82) is 0 Å². The van der Waals surface area contributed by atoms with Crippen LogP contribution in [0.25, 0.3) is 0 Å². The maximum absolute atomic E-state index is 12.9. The van der Waals surface area contributed by atoms with Crippen molar-refractivity contribution in [3.63, 3.8) is 0 Å².